The zero-order valence-corrected chi connectivity index (χ0v) is 7.88. The van der Waals surface area contributed by atoms with Crippen molar-refractivity contribution in [2.24, 2.45) is 0 Å². The van der Waals surface area contributed by atoms with E-state index in [0.717, 1.165) is 19.3 Å². The monoisotopic (exact) mass is 174 g/mol. The van der Waals surface area contributed by atoms with Crippen molar-refractivity contribution in [3.05, 3.63) is 0 Å². The molecular formula is C9H18O3. The van der Waals surface area contributed by atoms with Crippen LogP contribution in [0.3, 0.4) is 0 Å². The van der Waals surface area contributed by atoms with Gasteiger partial charge in [0.15, 0.2) is 0 Å². The number of carbonyl (C=O) groups is 1. The standard InChI is InChI=1S/C9H18O3/c1-3-4-5-8(12-2)6-7-9(10)11/h8H,3-7H2,1-2H3,(H,10,11). The van der Waals surface area contributed by atoms with E-state index in [0.29, 0.717) is 6.42 Å². The fourth-order valence-electron chi connectivity index (χ4n) is 1.10. The molecule has 0 aliphatic carbocycles. The molecule has 12 heavy (non-hydrogen) atoms. The molecule has 0 bridgehead atoms. The summed E-state index contributed by atoms with van der Waals surface area (Å²) in [6.45, 7) is 2.11. The van der Waals surface area contributed by atoms with E-state index in [-0.39, 0.29) is 12.5 Å². The molecule has 0 fully saturated rings. The Kier molecular flexibility index (Phi) is 6.76. The summed E-state index contributed by atoms with van der Waals surface area (Å²) in [5.74, 6) is -0.742. The molecule has 0 amide bonds. The van der Waals surface area contributed by atoms with Gasteiger partial charge in [0.05, 0.1) is 6.10 Å². The Hall–Kier alpha value is -0.570. The molecule has 0 aliphatic rings. The maximum absolute atomic E-state index is 10.2. The third kappa shape index (κ3) is 6.16. The van der Waals surface area contributed by atoms with Gasteiger partial charge in [-0.15, -0.1) is 0 Å². The highest BCUT2D eigenvalue weighted by Gasteiger charge is 2.08. The second-order valence-corrected chi connectivity index (χ2v) is 2.93. The van der Waals surface area contributed by atoms with Crippen LogP contribution in [0.5, 0.6) is 0 Å². The minimum Gasteiger partial charge on any atom is -0.481 e. The molecule has 1 N–H and O–H groups in total. The Morgan fingerprint density at radius 3 is 2.58 bits per heavy atom. The molecule has 0 aromatic carbocycles. The molecule has 0 aromatic rings. The Morgan fingerprint density at radius 2 is 2.17 bits per heavy atom. The molecule has 72 valence electrons. The van der Waals surface area contributed by atoms with Crippen LogP contribution in [0.1, 0.15) is 39.0 Å². The number of methoxy groups -OCH3 is 1. The number of ether oxygens (including phenoxy) is 1. The molecule has 1 unspecified atom stereocenters. The molecule has 3 heteroatoms. The van der Waals surface area contributed by atoms with E-state index in [9.17, 15) is 4.79 Å². The molecular weight excluding hydrogens is 156 g/mol. The van der Waals surface area contributed by atoms with Gasteiger partial charge in [0, 0.05) is 13.5 Å². The summed E-state index contributed by atoms with van der Waals surface area (Å²) in [6.07, 6.45) is 4.18. The zero-order chi connectivity index (χ0) is 9.40. The molecule has 0 saturated heterocycles. The van der Waals surface area contributed by atoms with Crippen LogP contribution < -0.4 is 0 Å². The molecule has 0 heterocycles. The predicted octanol–water partition coefficient (Wildman–Crippen LogP) is 2.06. The summed E-state index contributed by atoms with van der Waals surface area (Å²) in [5.41, 5.74) is 0. The number of hydrogen-bond donors (Lipinski definition) is 1. The van der Waals surface area contributed by atoms with Gasteiger partial charge in [-0.05, 0) is 12.8 Å². The fourth-order valence-corrected chi connectivity index (χ4v) is 1.10. The quantitative estimate of drug-likeness (QED) is 0.642. The van der Waals surface area contributed by atoms with Gasteiger partial charge in [0.25, 0.3) is 0 Å². The summed E-state index contributed by atoms with van der Waals surface area (Å²) in [7, 11) is 1.64. The van der Waals surface area contributed by atoms with Gasteiger partial charge in [-0.1, -0.05) is 19.8 Å². The summed E-state index contributed by atoms with van der Waals surface area (Å²) < 4.78 is 5.14. The van der Waals surface area contributed by atoms with Gasteiger partial charge >= 0.3 is 5.97 Å². The average Bonchev–Trinajstić information content (AvgIpc) is 2.05. The average molecular weight is 174 g/mol. The SMILES string of the molecule is CCCCC(CCC(=O)O)OC. The Morgan fingerprint density at radius 1 is 1.50 bits per heavy atom. The fraction of sp³-hybridized carbons (Fsp3) is 0.889. The lowest BCUT2D eigenvalue weighted by atomic mass is 10.1. The van der Waals surface area contributed by atoms with Crippen LogP contribution in [-0.2, 0) is 9.53 Å². The van der Waals surface area contributed by atoms with Crippen molar-refractivity contribution < 1.29 is 14.6 Å². The van der Waals surface area contributed by atoms with Crippen LogP contribution in [0.2, 0.25) is 0 Å². The summed E-state index contributed by atoms with van der Waals surface area (Å²) in [6, 6.07) is 0. The highest BCUT2D eigenvalue weighted by atomic mass is 16.5. The van der Waals surface area contributed by atoms with Crippen molar-refractivity contribution >= 4 is 5.97 Å². The number of unbranched alkanes of at least 4 members (excludes halogenated alkanes) is 1. The first-order chi connectivity index (χ1) is 5.70. The van der Waals surface area contributed by atoms with Crippen LogP contribution in [0, 0.1) is 0 Å². The van der Waals surface area contributed by atoms with Crippen molar-refractivity contribution in [3.63, 3.8) is 0 Å². The highest BCUT2D eigenvalue weighted by molar-refractivity contribution is 5.66. The van der Waals surface area contributed by atoms with E-state index >= 15 is 0 Å². The molecule has 3 nitrogen and oxygen atoms in total. The van der Waals surface area contributed by atoms with Crippen LogP contribution >= 0.6 is 0 Å². The third-order valence-electron chi connectivity index (χ3n) is 1.89. The third-order valence-corrected chi connectivity index (χ3v) is 1.89. The van der Waals surface area contributed by atoms with E-state index in [4.69, 9.17) is 9.84 Å². The van der Waals surface area contributed by atoms with Crippen LogP contribution in [0.15, 0.2) is 0 Å². The lowest BCUT2D eigenvalue weighted by molar-refractivity contribution is -0.137. The number of carboxylic acid groups (broad SMARTS) is 1. The van der Waals surface area contributed by atoms with Crippen molar-refractivity contribution in [1.82, 2.24) is 0 Å². The van der Waals surface area contributed by atoms with Crippen LogP contribution in [0.4, 0.5) is 0 Å². The highest BCUT2D eigenvalue weighted by Crippen LogP contribution is 2.09. The number of hydrogen-bond acceptors (Lipinski definition) is 2. The van der Waals surface area contributed by atoms with Gasteiger partial charge in [0.1, 0.15) is 0 Å². The van der Waals surface area contributed by atoms with Crippen LogP contribution in [0.25, 0.3) is 0 Å². The minimum absolute atomic E-state index is 0.126. The second-order valence-electron chi connectivity index (χ2n) is 2.93. The largest absolute Gasteiger partial charge is 0.481 e. The van der Waals surface area contributed by atoms with E-state index in [2.05, 4.69) is 6.92 Å². The van der Waals surface area contributed by atoms with Crippen molar-refractivity contribution in [3.8, 4) is 0 Å². The summed E-state index contributed by atoms with van der Waals surface area (Å²) >= 11 is 0. The second kappa shape index (κ2) is 7.10. The first-order valence-corrected chi connectivity index (χ1v) is 4.45. The summed E-state index contributed by atoms with van der Waals surface area (Å²) in [5, 5.41) is 8.43. The topological polar surface area (TPSA) is 46.5 Å². The Balaban J connectivity index is 3.45. The lowest BCUT2D eigenvalue weighted by Gasteiger charge is -2.12. The lowest BCUT2D eigenvalue weighted by Crippen LogP contribution is -2.12. The van der Waals surface area contributed by atoms with Crippen molar-refractivity contribution in [2.45, 2.75) is 45.1 Å². The first-order valence-electron chi connectivity index (χ1n) is 4.45. The zero-order valence-electron chi connectivity index (χ0n) is 7.88. The maximum Gasteiger partial charge on any atom is 0.303 e. The number of carboxylic acids is 1. The van der Waals surface area contributed by atoms with Gasteiger partial charge in [-0.3, -0.25) is 4.79 Å². The van der Waals surface area contributed by atoms with Crippen molar-refractivity contribution in [2.75, 3.05) is 7.11 Å². The molecule has 0 aliphatic heterocycles. The van der Waals surface area contributed by atoms with Gasteiger partial charge in [-0.2, -0.15) is 0 Å². The number of rotatable bonds is 7. The van der Waals surface area contributed by atoms with Gasteiger partial charge in [-0.25, -0.2) is 0 Å². The molecule has 0 rings (SSSR count). The molecule has 1 atom stereocenters. The number of aliphatic carboxylic acids is 1. The minimum atomic E-state index is -0.742. The van der Waals surface area contributed by atoms with Gasteiger partial charge < -0.3 is 9.84 Å². The van der Waals surface area contributed by atoms with E-state index in [1.54, 1.807) is 7.11 Å². The Labute approximate surface area is 73.7 Å². The first kappa shape index (κ1) is 11.4. The smallest absolute Gasteiger partial charge is 0.303 e. The normalized spacial score (nSPS) is 12.8. The van der Waals surface area contributed by atoms with Crippen molar-refractivity contribution in [1.29, 1.82) is 0 Å². The molecule has 0 saturated carbocycles. The molecule has 0 spiro atoms. The summed E-state index contributed by atoms with van der Waals surface area (Å²) in [4.78, 5) is 10.2. The maximum atomic E-state index is 10.2. The predicted molar refractivity (Wildman–Crippen MR) is 47.2 cm³/mol. The van der Waals surface area contributed by atoms with Crippen LogP contribution in [-0.4, -0.2) is 24.3 Å². The van der Waals surface area contributed by atoms with E-state index in [1.807, 2.05) is 0 Å². The molecule has 0 radical (unpaired) electrons. The van der Waals surface area contributed by atoms with E-state index in [1.165, 1.54) is 0 Å². The Bertz CT molecular complexity index is 123. The van der Waals surface area contributed by atoms with Gasteiger partial charge in [0.2, 0.25) is 0 Å². The van der Waals surface area contributed by atoms with E-state index < -0.39 is 5.97 Å². The molecule has 0 aromatic heterocycles.